The van der Waals surface area contributed by atoms with Crippen LogP contribution in [0.4, 0.5) is 0 Å². The van der Waals surface area contributed by atoms with Crippen LogP contribution in [0.25, 0.3) is 0 Å². The first-order valence-electron chi connectivity index (χ1n) is 13.3. The van der Waals surface area contributed by atoms with Crippen LogP contribution in [-0.4, -0.2) is 18.5 Å². The molecule has 0 saturated heterocycles. The van der Waals surface area contributed by atoms with Gasteiger partial charge in [-0.2, -0.15) is 0 Å². The van der Waals surface area contributed by atoms with E-state index in [0.29, 0.717) is 24.5 Å². The molecule has 0 aliphatic heterocycles. The van der Waals surface area contributed by atoms with Gasteiger partial charge >= 0.3 is 11.9 Å². The van der Waals surface area contributed by atoms with Crippen molar-refractivity contribution in [1.29, 1.82) is 0 Å². The summed E-state index contributed by atoms with van der Waals surface area (Å²) in [7, 11) is 0. The minimum Gasteiger partial charge on any atom is -0.465 e. The fourth-order valence-electron chi connectivity index (χ4n) is 4.09. The van der Waals surface area contributed by atoms with E-state index < -0.39 is 17.4 Å². The summed E-state index contributed by atoms with van der Waals surface area (Å²) in [6.07, 6.45) is 16.9. The molecule has 1 rings (SSSR count). The third-order valence-corrected chi connectivity index (χ3v) is 7.10. The van der Waals surface area contributed by atoms with Crippen molar-refractivity contribution >= 4 is 35.1 Å². The Morgan fingerprint density at radius 2 is 1.24 bits per heavy atom. The van der Waals surface area contributed by atoms with Gasteiger partial charge in [-0.25, -0.2) is 0 Å². The molecule has 0 radical (unpaired) electrons. The van der Waals surface area contributed by atoms with Crippen LogP contribution in [0.1, 0.15) is 117 Å². The molecular formula is C28H44Cl2O4. The van der Waals surface area contributed by atoms with Crippen molar-refractivity contribution in [3.05, 3.63) is 28.2 Å². The second-order valence-corrected chi connectivity index (χ2v) is 9.98. The van der Waals surface area contributed by atoms with E-state index in [4.69, 9.17) is 32.7 Å². The smallest absolute Gasteiger partial charge is 0.328 e. The fourth-order valence-corrected chi connectivity index (χ4v) is 4.54. The predicted molar refractivity (Wildman–Crippen MR) is 142 cm³/mol. The highest BCUT2D eigenvalue weighted by atomic mass is 35.5. The largest absolute Gasteiger partial charge is 0.465 e. The minimum atomic E-state index is -1.33. The number of hydrogen-bond donors (Lipinski definition) is 0. The van der Waals surface area contributed by atoms with E-state index in [1.54, 1.807) is 19.9 Å². The topological polar surface area (TPSA) is 52.6 Å². The monoisotopic (exact) mass is 514 g/mol. The number of halogens is 2. The van der Waals surface area contributed by atoms with Gasteiger partial charge in [-0.1, -0.05) is 121 Å². The molecule has 34 heavy (non-hydrogen) atoms. The molecule has 0 heterocycles. The van der Waals surface area contributed by atoms with Crippen LogP contribution < -0.4 is 4.74 Å². The summed E-state index contributed by atoms with van der Waals surface area (Å²) in [5, 5.41) is 0.668. The Hall–Kier alpha value is -1.26. The molecule has 0 N–H and O–H groups in total. The van der Waals surface area contributed by atoms with Gasteiger partial charge in [0.15, 0.2) is 5.41 Å². The highest BCUT2D eigenvalue weighted by Crippen LogP contribution is 2.34. The van der Waals surface area contributed by atoms with Gasteiger partial charge in [0.2, 0.25) is 0 Å². The zero-order valence-corrected chi connectivity index (χ0v) is 22.9. The van der Waals surface area contributed by atoms with Crippen LogP contribution in [0.3, 0.4) is 0 Å². The zero-order valence-electron chi connectivity index (χ0n) is 21.4. The number of benzene rings is 1. The van der Waals surface area contributed by atoms with Crippen LogP contribution in [0.5, 0.6) is 5.75 Å². The number of esters is 2. The quantitative estimate of drug-likeness (QED) is 0.0797. The van der Waals surface area contributed by atoms with Crippen LogP contribution in [0.15, 0.2) is 18.2 Å². The Kier molecular flexibility index (Phi) is 16.4. The molecule has 0 bridgehead atoms. The molecule has 6 heteroatoms. The molecule has 194 valence electrons. The van der Waals surface area contributed by atoms with Crippen molar-refractivity contribution in [2.75, 3.05) is 6.61 Å². The molecule has 0 atom stereocenters. The normalized spacial score (nSPS) is 11.4. The van der Waals surface area contributed by atoms with Crippen molar-refractivity contribution < 1.29 is 19.1 Å². The second-order valence-electron chi connectivity index (χ2n) is 9.13. The van der Waals surface area contributed by atoms with E-state index >= 15 is 0 Å². The lowest BCUT2D eigenvalue weighted by Gasteiger charge is -2.27. The van der Waals surface area contributed by atoms with Gasteiger partial charge in [0.05, 0.1) is 11.6 Å². The number of hydrogen-bond acceptors (Lipinski definition) is 4. The van der Waals surface area contributed by atoms with Gasteiger partial charge in [0.25, 0.3) is 0 Å². The molecule has 0 aromatic heterocycles. The van der Waals surface area contributed by atoms with E-state index in [9.17, 15) is 9.59 Å². The predicted octanol–water partition coefficient (Wildman–Crippen LogP) is 9.34. The molecular weight excluding hydrogens is 471 g/mol. The summed E-state index contributed by atoms with van der Waals surface area (Å²) in [6.45, 7) is 6.17. The van der Waals surface area contributed by atoms with Crippen LogP contribution in [-0.2, 0) is 14.3 Å². The lowest BCUT2D eigenvalue weighted by atomic mass is 9.82. The summed E-state index contributed by atoms with van der Waals surface area (Å²) < 4.78 is 11.0. The Balaban J connectivity index is 2.27. The Bertz CT molecular complexity index is 716. The molecule has 0 fully saturated rings. The maximum absolute atomic E-state index is 12.9. The number of unbranched alkanes of at least 4 members (excludes halogenated alkanes) is 12. The molecule has 0 unspecified atom stereocenters. The second kappa shape index (κ2) is 18.1. The van der Waals surface area contributed by atoms with Gasteiger partial charge in [-0.3, -0.25) is 9.59 Å². The molecule has 0 aliphatic carbocycles. The number of carbonyl (C=O) groups is 2. The summed E-state index contributed by atoms with van der Waals surface area (Å²) >= 11 is 12.0. The maximum Gasteiger partial charge on any atom is 0.328 e. The SMILES string of the molecule is CCCCCCCCCCCCCCCOC(=O)C(CC)(CC)C(=O)Oc1ccc(Cl)cc1Cl. The third kappa shape index (κ3) is 11.0. The molecule has 0 aliphatic rings. The molecule has 4 nitrogen and oxygen atoms in total. The Morgan fingerprint density at radius 1 is 0.735 bits per heavy atom. The van der Waals surface area contributed by atoms with Crippen molar-refractivity contribution in [3.63, 3.8) is 0 Å². The number of rotatable bonds is 19. The molecule has 1 aromatic rings. The van der Waals surface area contributed by atoms with Crippen molar-refractivity contribution in [1.82, 2.24) is 0 Å². The molecule has 0 amide bonds. The average molecular weight is 516 g/mol. The van der Waals surface area contributed by atoms with E-state index in [2.05, 4.69) is 6.92 Å². The summed E-state index contributed by atoms with van der Waals surface area (Å²) in [4.78, 5) is 25.7. The van der Waals surface area contributed by atoms with E-state index in [0.717, 1.165) is 19.3 Å². The lowest BCUT2D eigenvalue weighted by molar-refractivity contribution is -0.168. The fraction of sp³-hybridized carbons (Fsp3) is 0.714. The van der Waals surface area contributed by atoms with Gasteiger partial charge in [0, 0.05) is 5.02 Å². The van der Waals surface area contributed by atoms with Gasteiger partial charge < -0.3 is 9.47 Å². The first kappa shape index (κ1) is 30.8. The van der Waals surface area contributed by atoms with E-state index in [-0.39, 0.29) is 10.8 Å². The standard InChI is InChI=1S/C28H44Cl2O4/c1-4-7-8-9-10-11-12-13-14-15-16-17-18-21-33-26(31)28(5-2,6-3)27(32)34-25-20-19-23(29)22-24(25)30/h19-20,22H,4-18,21H2,1-3H3. The van der Waals surface area contributed by atoms with Crippen LogP contribution >= 0.6 is 23.2 Å². The van der Waals surface area contributed by atoms with Gasteiger partial charge in [-0.15, -0.1) is 0 Å². The lowest BCUT2D eigenvalue weighted by Crippen LogP contribution is -2.42. The first-order valence-corrected chi connectivity index (χ1v) is 14.0. The van der Waals surface area contributed by atoms with Crippen molar-refractivity contribution in [3.8, 4) is 5.75 Å². The van der Waals surface area contributed by atoms with Crippen molar-refractivity contribution in [2.24, 2.45) is 5.41 Å². The zero-order chi connectivity index (χ0) is 25.2. The Labute approximate surface area is 217 Å². The summed E-state index contributed by atoms with van der Waals surface area (Å²) in [5.74, 6) is -0.977. The highest BCUT2D eigenvalue weighted by molar-refractivity contribution is 6.35. The third-order valence-electron chi connectivity index (χ3n) is 6.57. The first-order chi connectivity index (χ1) is 16.4. The van der Waals surface area contributed by atoms with E-state index in [1.807, 2.05) is 0 Å². The number of ether oxygens (including phenoxy) is 2. The van der Waals surface area contributed by atoms with Gasteiger partial charge in [0.1, 0.15) is 5.75 Å². The molecule has 1 aromatic carbocycles. The van der Waals surface area contributed by atoms with E-state index in [1.165, 1.54) is 76.3 Å². The van der Waals surface area contributed by atoms with Crippen molar-refractivity contribution in [2.45, 2.75) is 117 Å². The maximum atomic E-state index is 12.9. The summed E-state index contributed by atoms with van der Waals surface area (Å²) in [5.41, 5.74) is -1.33. The molecule has 0 spiro atoms. The van der Waals surface area contributed by atoms with Crippen LogP contribution in [0, 0.1) is 5.41 Å². The van der Waals surface area contributed by atoms with Crippen LogP contribution in [0.2, 0.25) is 10.0 Å². The average Bonchev–Trinajstić information content (AvgIpc) is 2.82. The minimum absolute atomic E-state index is 0.187. The van der Waals surface area contributed by atoms with Gasteiger partial charge in [-0.05, 0) is 37.5 Å². The number of carbonyl (C=O) groups excluding carboxylic acids is 2. The Morgan fingerprint density at radius 3 is 1.71 bits per heavy atom. The summed E-state index contributed by atoms with van der Waals surface area (Å²) in [6, 6.07) is 4.61. The highest BCUT2D eigenvalue weighted by Gasteiger charge is 2.46. The molecule has 0 saturated carbocycles.